The van der Waals surface area contributed by atoms with Gasteiger partial charge in [-0.05, 0) is 6.92 Å². The van der Waals surface area contributed by atoms with Crippen LogP contribution in [-0.2, 0) is 4.57 Å². The molecule has 3 aromatic rings. The fourth-order valence-electron chi connectivity index (χ4n) is 2.90. The molecule has 120 valence electrons. The van der Waals surface area contributed by atoms with Crippen LogP contribution in [0.4, 0.5) is 0 Å². The summed E-state index contributed by atoms with van der Waals surface area (Å²) in [5.41, 5.74) is -0.0261. The highest BCUT2D eigenvalue weighted by Crippen LogP contribution is 2.49. The zero-order valence-corrected chi connectivity index (χ0v) is 14.4. The first-order valence-corrected chi connectivity index (χ1v) is 9.72. The van der Waals surface area contributed by atoms with E-state index in [0.29, 0.717) is 16.2 Å². The fraction of sp³-hybridized carbons (Fsp3) is 0.0952. The maximum atomic E-state index is 14.1. The molecule has 0 spiro atoms. The Labute approximate surface area is 142 Å². The third kappa shape index (κ3) is 2.98. The number of carbonyl (C=O) groups excluding carboxylic acids is 1. The molecule has 0 fully saturated rings. The van der Waals surface area contributed by atoms with Gasteiger partial charge in [0, 0.05) is 16.2 Å². The lowest BCUT2D eigenvalue weighted by atomic mass is 10.1. The van der Waals surface area contributed by atoms with Gasteiger partial charge >= 0.3 is 0 Å². The van der Waals surface area contributed by atoms with Crippen LogP contribution in [0.15, 0.2) is 91.0 Å². The molecule has 0 bridgehead atoms. The van der Waals surface area contributed by atoms with E-state index in [-0.39, 0.29) is 5.78 Å². The van der Waals surface area contributed by atoms with Crippen molar-refractivity contribution in [3.63, 3.8) is 0 Å². The van der Waals surface area contributed by atoms with Crippen LogP contribution in [0.2, 0.25) is 0 Å². The lowest BCUT2D eigenvalue weighted by Crippen LogP contribution is -2.29. The number of hydrogen-bond donors (Lipinski definition) is 0. The van der Waals surface area contributed by atoms with E-state index in [1.54, 1.807) is 19.1 Å². The number of carbonyl (C=O) groups is 1. The van der Waals surface area contributed by atoms with Gasteiger partial charge in [-0.3, -0.25) is 4.79 Å². The molecule has 3 aromatic carbocycles. The number of Topliss-reactive ketones (excluding diaryl/α,β-unsaturated/α-hetero) is 1. The van der Waals surface area contributed by atoms with Gasteiger partial charge in [-0.2, -0.15) is 0 Å². The van der Waals surface area contributed by atoms with Gasteiger partial charge in [0.05, 0.1) is 5.66 Å². The molecular weight excluding hydrogens is 315 g/mol. The van der Waals surface area contributed by atoms with Gasteiger partial charge in [-0.1, -0.05) is 91.0 Å². The largest absolute Gasteiger partial charge is 0.313 e. The molecule has 0 aliphatic carbocycles. The second-order valence-corrected chi connectivity index (χ2v) is 8.86. The summed E-state index contributed by atoms with van der Waals surface area (Å²) in [6.45, 7) is 1.77. The van der Waals surface area contributed by atoms with Crippen molar-refractivity contribution in [1.29, 1.82) is 0 Å². The average molecular weight is 334 g/mol. The van der Waals surface area contributed by atoms with Crippen LogP contribution >= 0.6 is 7.14 Å². The van der Waals surface area contributed by atoms with Crippen molar-refractivity contribution in [3.05, 3.63) is 96.6 Å². The first-order chi connectivity index (χ1) is 11.6. The molecule has 3 rings (SSSR count). The van der Waals surface area contributed by atoms with Crippen LogP contribution < -0.4 is 10.6 Å². The molecule has 0 radical (unpaired) electrons. The van der Waals surface area contributed by atoms with E-state index in [1.165, 1.54) is 0 Å². The summed E-state index contributed by atoms with van der Waals surface area (Å²) in [6.07, 6.45) is 0. The molecule has 0 aromatic heterocycles. The van der Waals surface area contributed by atoms with E-state index in [4.69, 9.17) is 0 Å². The molecular formula is C21H19O2P. The predicted molar refractivity (Wildman–Crippen MR) is 100.0 cm³/mol. The Morgan fingerprint density at radius 3 is 1.50 bits per heavy atom. The summed E-state index contributed by atoms with van der Waals surface area (Å²) >= 11 is 0. The van der Waals surface area contributed by atoms with Gasteiger partial charge in [0.1, 0.15) is 0 Å². The van der Waals surface area contributed by atoms with E-state index < -0.39 is 12.8 Å². The monoisotopic (exact) mass is 334 g/mol. The molecule has 0 aliphatic rings. The van der Waals surface area contributed by atoms with E-state index >= 15 is 0 Å². The molecule has 0 heterocycles. The van der Waals surface area contributed by atoms with Crippen LogP contribution in [0.1, 0.15) is 17.3 Å². The van der Waals surface area contributed by atoms with Gasteiger partial charge in [0.25, 0.3) is 0 Å². The highest BCUT2D eigenvalue weighted by molar-refractivity contribution is 7.80. The predicted octanol–water partition coefficient (Wildman–Crippen LogP) is 4.27. The third-order valence-corrected chi connectivity index (χ3v) is 7.72. The molecule has 0 saturated carbocycles. The van der Waals surface area contributed by atoms with E-state index in [9.17, 15) is 9.36 Å². The minimum Gasteiger partial charge on any atom is -0.313 e. The fourth-order valence-corrected chi connectivity index (χ4v) is 5.81. The Morgan fingerprint density at radius 2 is 1.08 bits per heavy atom. The van der Waals surface area contributed by atoms with Crippen LogP contribution in [0.25, 0.3) is 0 Å². The van der Waals surface area contributed by atoms with Gasteiger partial charge < -0.3 is 4.57 Å². The van der Waals surface area contributed by atoms with Gasteiger partial charge in [-0.25, -0.2) is 0 Å². The molecule has 0 N–H and O–H groups in total. The SMILES string of the molecule is CC(C(=O)c1ccccc1)P(=O)(c1ccccc1)c1ccccc1. The number of ketones is 1. The molecule has 3 heteroatoms. The van der Waals surface area contributed by atoms with Crippen molar-refractivity contribution >= 4 is 23.5 Å². The summed E-state index contributed by atoms with van der Waals surface area (Å²) in [4.78, 5) is 13.0. The first kappa shape index (κ1) is 16.4. The van der Waals surface area contributed by atoms with E-state index in [2.05, 4.69) is 0 Å². The molecule has 0 saturated heterocycles. The Hall–Kier alpha value is -2.44. The Morgan fingerprint density at radius 1 is 0.708 bits per heavy atom. The maximum absolute atomic E-state index is 14.1. The topological polar surface area (TPSA) is 34.1 Å². The van der Waals surface area contributed by atoms with Crippen molar-refractivity contribution in [1.82, 2.24) is 0 Å². The zero-order chi connectivity index (χ0) is 17.0. The average Bonchev–Trinajstić information content (AvgIpc) is 2.68. The molecule has 0 aliphatic heterocycles. The minimum absolute atomic E-state index is 0.0911. The second-order valence-electron chi connectivity index (χ2n) is 5.74. The van der Waals surface area contributed by atoms with Crippen molar-refractivity contribution in [3.8, 4) is 0 Å². The first-order valence-electron chi connectivity index (χ1n) is 7.94. The van der Waals surface area contributed by atoms with Crippen molar-refractivity contribution < 1.29 is 9.36 Å². The Kier molecular flexibility index (Phi) is 4.78. The molecule has 0 amide bonds. The standard InChI is InChI=1S/C21H19O2P/c1-17(21(22)18-11-5-2-6-12-18)24(23,19-13-7-3-8-14-19)20-15-9-4-10-16-20/h2-17H,1H3. The summed E-state index contributed by atoms with van der Waals surface area (Å²) in [5, 5.41) is 1.43. The quantitative estimate of drug-likeness (QED) is 0.516. The summed E-state index contributed by atoms with van der Waals surface area (Å²) in [5.74, 6) is -0.0911. The molecule has 1 unspecified atom stereocenters. The normalized spacial score (nSPS) is 12.5. The van der Waals surface area contributed by atoms with Gasteiger partial charge in [0.2, 0.25) is 0 Å². The number of rotatable bonds is 5. The van der Waals surface area contributed by atoms with Gasteiger partial charge in [0.15, 0.2) is 12.9 Å². The van der Waals surface area contributed by atoms with E-state index in [1.807, 2.05) is 78.9 Å². The smallest absolute Gasteiger partial charge is 0.173 e. The lowest BCUT2D eigenvalue weighted by Gasteiger charge is -2.25. The van der Waals surface area contributed by atoms with Crippen molar-refractivity contribution in [2.45, 2.75) is 12.6 Å². The molecule has 2 nitrogen and oxygen atoms in total. The highest BCUT2D eigenvalue weighted by Gasteiger charge is 2.38. The number of hydrogen-bond acceptors (Lipinski definition) is 2. The zero-order valence-electron chi connectivity index (χ0n) is 13.5. The van der Waals surface area contributed by atoms with Crippen LogP contribution in [0, 0.1) is 0 Å². The summed E-state index contributed by atoms with van der Waals surface area (Å²) in [7, 11) is -3.09. The lowest BCUT2D eigenvalue weighted by molar-refractivity contribution is 0.0991. The third-order valence-electron chi connectivity index (χ3n) is 4.26. The number of benzene rings is 3. The second kappa shape index (κ2) is 6.98. The van der Waals surface area contributed by atoms with Crippen LogP contribution in [-0.4, -0.2) is 11.4 Å². The summed E-state index contributed by atoms with van der Waals surface area (Å²) < 4.78 is 14.1. The van der Waals surface area contributed by atoms with E-state index in [0.717, 1.165) is 0 Å². The Balaban J connectivity index is 2.12. The van der Waals surface area contributed by atoms with Crippen LogP contribution in [0.5, 0.6) is 0 Å². The molecule has 1 atom stereocenters. The van der Waals surface area contributed by atoms with Crippen LogP contribution in [0.3, 0.4) is 0 Å². The highest BCUT2D eigenvalue weighted by atomic mass is 31.2. The maximum Gasteiger partial charge on any atom is 0.173 e. The van der Waals surface area contributed by atoms with Gasteiger partial charge in [-0.15, -0.1) is 0 Å². The Bertz CT molecular complexity index is 815. The summed E-state index contributed by atoms with van der Waals surface area (Å²) in [6, 6.07) is 27.7. The van der Waals surface area contributed by atoms with Crippen molar-refractivity contribution in [2.75, 3.05) is 0 Å². The minimum atomic E-state index is -3.09. The molecule has 24 heavy (non-hydrogen) atoms. The van der Waals surface area contributed by atoms with Crippen molar-refractivity contribution in [2.24, 2.45) is 0 Å².